The van der Waals surface area contributed by atoms with E-state index in [4.69, 9.17) is 9.72 Å². The Labute approximate surface area is 158 Å². The van der Waals surface area contributed by atoms with Gasteiger partial charge < -0.3 is 9.84 Å². The molecule has 132 valence electrons. The molecule has 0 saturated heterocycles. The minimum atomic E-state index is 0.209. The van der Waals surface area contributed by atoms with Gasteiger partial charge in [0.25, 0.3) is 0 Å². The molecule has 4 aromatic rings. The molecular formula is C24H19NO2. The Morgan fingerprint density at radius 3 is 2.04 bits per heavy atom. The predicted octanol–water partition coefficient (Wildman–Crippen LogP) is 5.80. The lowest BCUT2D eigenvalue weighted by Crippen LogP contribution is -1.93. The van der Waals surface area contributed by atoms with Crippen molar-refractivity contribution in [3.8, 4) is 45.1 Å². The number of methoxy groups -OCH3 is 1. The van der Waals surface area contributed by atoms with Gasteiger partial charge in [-0.25, -0.2) is 4.98 Å². The normalized spacial score (nSPS) is 10.6. The smallest absolute Gasteiger partial charge is 0.126 e. The van der Waals surface area contributed by atoms with Crippen LogP contribution in [0.3, 0.4) is 0 Å². The quantitative estimate of drug-likeness (QED) is 0.504. The molecule has 1 aromatic heterocycles. The standard InChI is InChI=1S/C24H19NO2/c1-27-24-14-8-6-11-19(24)18-15-21(17-9-3-2-4-10-17)25-22(16-18)20-12-5-7-13-23(20)26/h2-16,26H,1H3. The maximum atomic E-state index is 10.3. The minimum Gasteiger partial charge on any atom is -0.507 e. The molecule has 0 atom stereocenters. The highest BCUT2D eigenvalue weighted by Crippen LogP contribution is 2.36. The third-order valence-electron chi connectivity index (χ3n) is 4.49. The lowest BCUT2D eigenvalue weighted by atomic mass is 9.99. The molecule has 3 nitrogen and oxygen atoms in total. The summed E-state index contributed by atoms with van der Waals surface area (Å²) in [5.74, 6) is 1.01. The zero-order chi connectivity index (χ0) is 18.6. The summed E-state index contributed by atoms with van der Waals surface area (Å²) in [4.78, 5) is 4.81. The molecule has 27 heavy (non-hydrogen) atoms. The molecule has 0 aliphatic rings. The second kappa shape index (κ2) is 7.34. The summed E-state index contributed by atoms with van der Waals surface area (Å²) in [7, 11) is 1.67. The molecule has 0 bridgehead atoms. The number of phenolic OH excluding ortho intramolecular Hbond substituents is 1. The van der Waals surface area contributed by atoms with E-state index in [-0.39, 0.29) is 5.75 Å². The van der Waals surface area contributed by atoms with E-state index in [9.17, 15) is 5.11 Å². The number of para-hydroxylation sites is 2. The van der Waals surface area contributed by atoms with Crippen molar-refractivity contribution in [2.75, 3.05) is 7.11 Å². The zero-order valence-corrected chi connectivity index (χ0v) is 15.0. The van der Waals surface area contributed by atoms with Gasteiger partial charge in [0, 0.05) is 16.7 Å². The lowest BCUT2D eigenvalue weighted by molar-refractivity contribution is 0.416. The number of ether oxygens (including phenoxy) is 1. The monoisotopic (exact) mass is 353 g/mol. The van der Waals surface area contributed by atoms with E-state index in [1.807, 2.05) is 72.8 Å². The number of phenols is 1. The van der Waals surface area contributed by atoms with Crippen molar-refractivity contribution in [1.82, 2.24) is 4.98 Å². The van der Waals surface area contributed by atoms with Crippen LogP contribution in [0.25, 0.3) is 33.6 Å². The Kier molecular flexibility index (Phi) is 4.58. The maximum Gasteiger partial charge on any atom is 0.126 e. The third-order valence-corrected chi connectivity index (χ3v) is 4.49. The number of aromatic hydroxyl groups is 1. The summed E-state index contributed by atoms with van der Waals surface area (Å²) >= 11 is 0. The SMILES string of the molecule is COc1ccccc1-c1cc(-c2ccccc2)nc(-c2ccccc2O)c1. The van der Waals surface area contributed by atoms with E-state index in [0.29, 0.717) is 5.56 Å². The van der Waals surface area contributed by atoms with E-state index in [2.05, 4.69) is 6.07 Å². The fourth-order valence-corrected chi connectivity index (χ4v) is 3.15. The first-order chi connectivity index (χ1) is 13.3. The van der Waals surface area contributed by atoms with Crippen LogP contribution in [0.1, 0.15) is 0 Å². The Balaban J connectivity index is 1.97. The first-order valence-corrected chi connectivity index (χ1v) is 8.75. The fraction of sp³-hybridized carbons (Fsp3) is 0.0417. The minimum absolute atomic E-state index is 0.209. The van der Waals surface area contributed by atoms with Crippen LogP contribution in [0, 0.1) is 0 Å². The topological polar surface area (TPSA) is 42.4 Å². The maximum absolute atomic E-state index is 10.3. The first-order valence-electron chi connectivity index (χ1n) is 8.75. The summed E-state index contributed by atoms with van der Waals surface area (Å²) in [6.07, 6.45) is 0. The first kappa shape index (κ1) is 16.9. The average molecular weight is 353 g/mol. The highest BCUT2D eigenvalue weighted by atomic mass is 16.5. The third kappa shape index (κ3) is 3.40. The molecule has 4 rings (SSSR count). The van der Waals surface area contributed by atoms with Crippen molar-refractivity contribution in [3.05, 3.63) is 91.0 Å². The molecule has 1 heterocycles. The highest BCUT2D eigenvalue weighted by Gasteiger charge is 2.13. The number of hydrogen-bond donors (Lipinski definition) is 1. The number of nitrogens with zero attached hydrogens (tertiary/aromatic N) is 1. The van der Waals surface area contributed by atoms with Gasteiger partial charge in [-0.3, -0.25) is 0 Å². The van der Waals surface area contributed by atoms with Crippen molar-refractivity contribution in [1.29, 1.82) is 0 Å². The Bertz CT molecular complexity index is 1070. The molecular weight excluding hydrogens is 334 g/mol. The summed E-state index contributed by atoms with van der Waals surface area (Å²) in [5.41, 5.74) is 5.25. The van der Waals surface area contributed by atoms with Gasteiger partial charge in [-0.2, -0.15) is 0 Å². The summed E-state index contributed by atoms with van der Waals surface area (Å²) in [5, 5.41) is 10.3. The van der Waals surface area contributed by atoms with E-state index in [0.717, 1.165) is 33.8 Å². The molecule has 0 saturated carbocycles. The number of pyridine rings is 1. The van der Waals surface area contributed by atoms with Crippen molar-refractivity contribution in [2.45, 2.75) is 0 Å². The molecule has 3 aromatic carbocycles. The Hall–Kier alpha value is -3.59. The molecule has 3 heteroatoms. The van der Waals surface area contributed by atoms with Crippen LogP contribution in [-0.2, 0) is 0 Å². The van der Waals surface area contributed by atoms with Crippen molar-refractivity contribution in [3.63, 3.8) is 0 Å². The van der Waals surface area contributed by atoms with Crippen molar-refractivity contribution >= 4 is 0 Å². The van der Waals surface area contributed by atoms with Gasteiger partial charge in [-0.15, -0.1) is 0 Å². The van der Waals surface area contributed by atoms with Crippen LogP contribution in [0.5, 0.6) is 11.5 Å². The van der Waals surface area contributed by atoms with Gasteiger partial charge >= 0.3 is 0 Å². The van der Waals surface area contributed by atoms with Gasteiger partial charge in [0.05, 0.1) is 18.5 Å². The van der Waals surface area contributed by atoms with Crippen LogP contribution in [-0.4, -0.2) is 17.2 Å². The predicted molar refractivity (Wildman–Crippen MR) is 109 cm³/mol. The van der Waals surface area contributed by atoms with Crippen LogP contribution in [0.15, 0.2) is 91.0 Å². The molecule has 0 unspecified atom stereocenters. The van der Waals surface area contributed by atoms with Crippen LogP contribution < -0.4 is 4.74 Å². The van der Waals surface area contributed by atoms with Crippen molar-refractivity contribution in [2.24, 2.45) is 0 Å². The largest absolute Gasteiger partial charge is 0.507 e. The Morgan fingerprint density at radius 1 is 0.667 bits per heavy atom. The summed E-state index contributed by atoms with van der Waals surface area (Å²) in [6.45, 7) is 0. The lowest BCUT2D eigenvalue weighted by Gasteiger charge is -2.13. The highest BCUT2D eigenvalue weighted by molar-refractivity contribution is 5.80. The van der Waals surface area contributed by atoms with E-state index in [1.54, 1.807) is 19.2 Å². The van der Waals surface area contributed by atoms with E-state index in [1.165, 1.54) is 0 Å². The van der Waals surface area contributed by atoms with Gasteiger partial charge in [0.1, 0.15) is 11.5 Å². The fourth-order valence-electron chi connectivity index (χ4n) is 3.15. The van der Waals surface area contributed by atoms with Crippen LogP contribution in [0.4, 0.5) is 0 Å². The van der Waals surface area contributed by atoms with Gasteiger partial charge in [-0.1, -0.05) is 60.7 Å². The van der Waals surface area contributed by atoms with E-state index < -0.39 is 0 Å². The van der Waals surface area contributed by atoms with Gasteiger partial charge in [0.15, 0.2) is 0 Å². The van der Waals surface area contributed by atoms with Crippen LogP contribution >= 0.6 is 0 Å². The second-order valence-electron chi connectivity index (χ2n) is 6.21. The average Bonchev–Trinajstić information content (AvgIpc) is 2.74. The number of benzene rings is 3. The number of hydrogen-bond acceptors (Lipinski definition) is 3. The molecule has 0 radical (unpaired) electrons. The molecule has 0 spiro atoms. The second-order valence-corrected chi connectivity index (χ2v) is 6.21. The molecule has 0 aliphatic heterocycles. The summed E-state index contributed by atoms with van der Waals surface area (Å²) < 4.78 is 5.54. The van der Waals surface area contributed by atoms with Gasteiger partial charge in [0.2, 0.25) is 0 Å². The van der Waals surface area contributed by atoms with Crippen molar-refractivity contribution < 1.29 is 9.84 Å². The molecule has 1 N–H and O–H groups in total. The number of rotatable bonds is 4. The Morgan fingerprint density at radius 2 is 1.30 bits per heavy atom. The molecule has 0 aliphatic carbocycles. The van der Waals surface area contributed by atoms with Crippen LogP contribution in [0.2, 0.25) is 0 Å². The zero-order valence-electron chi connectivity index (χ0n) is 15.0. The summed E-state index contributed by atoms with van der Waals surface area (Å²) in [6, 6.07) is 29.2. The van der Waals surface area contributed by atoms with Gasteiger partial charge in [-0.05, 0) is 35.9 Å². The number of aromatic nitrogens is 1. The van der Waals surface area contributed by atoms with E-state index >= 15 is 0 Å². The molecule has 0 fully saturated rings. The molecule has 0 amide bonds.